The van der Waals surface area contributed by atoms with Crippen LogP contribution in [0.3, 0.4) is 0 Å². The summed E-state index contributed by atoms with van der Waals surface area (Å²) < 4.78 is 0. The Bertz CT molecular complexity index is 345. The lowest BCUT2D eigenvalue weighted by atomic mass is 10.1. The van der Waals surface area contributed by atoms with E-state index in [9.17, 15) is 10.2 Å². The Kier molecular flexibility index (Phi) is 3.51. The van der Waals surface area contributed by atoms with E-state index in [0.29, 0.717) is 5.56 Å². The van der Waals surface area contributed by atoms with E-state index >= 15 is 0 Å². The van der Waals surface area contributed by atoms with Crippen LogP contribution in [0.5, 0.6) is 5.75 Å². The number of guanidine groups is 1. The molecule has 82 valence electrons. The summed E-state index contributed by atoms with van der Waals surface area (Å²) in [7, 11) is 0. The summed E-state index contributed by atoms with van der Waals surface area (Å²) in [4.78, 5) is 0. The highest BCUT2D eigenvalue weighted by molar-refractivity contribution is 5.74. The van der Waals surface area contributed by atoms with Gasteiger partial charge < -0.3 is 21.3 Å². The maximum Gasteiger partial charge on any atom is 0.185 e. The number of aryl methyl sites for hydroxylation is 1. The molecule has 0 bridgehead atoms. The van der Waals surface area contributed by atoms with Crippen molar-refractivity contribution < 1.29 is 10.2 Å². The van der Waals surface area contributed by atoms with Crippen molar-refractivity contribution in [1.29, 1.82) is 5.41 Å². The molecule has 0 heterocycles. The number of aliphatic hydroxyl groups excluding tert-OH is 1. The molecule has 1 aromatic carbocycles. The van der Waals surface area contributed by atoms with E-state index in [4.69, 9.17) is 11.1 Å². The van der Waals surface area contributed by atoms with Gasteiger partial charge in [-0.25, -0.2) is 0 Å². The fourth-order valence-corrected chi connectivity index (χ4v) is 1.31. The third-order valence-corrected chi connectivity index (χ3v) is 1.96. The second-order valence-electron chi connectivity index (χ2n) is 3.41. The van der Waals surface area contributed by atoms with Crippen LogP contribution in [0.25, 0.3) is 0 Å². The Labute approximate surface area is 88.1 Å². The summed E-state index contributed by atoms with van der Waals surface area (Å²) in [6.45, 7) is 1.98. The average molecular weight is 209 g/mol. The number of rotatable bonds is 3. The number of nitrogens with one attached hydrogen (secondary N) is 2. The fourth-order valence-electron chi connectivity index (χ4n) is 1.31. The van der Waals surface area contributed by atoms with Crippen LogP contribution in [0, 0.1) is 12.3 Å². The molecule has 0 fully saturated rings. The first-order valence-corrected chi connectivity index (χ1v) is 4.55. The first kappa shape index (κ1) is 11.3. The zero-order chi connectivity index (χ0) is 11.4. The molecule has 0 aromatic heterocycles. The number of nitrogens with two attached hydrogens (primary N) is 1. The SMILES string of the molecule is Cc1cc(O)cc([C@@H](O)CNC(=N)N)c1. The van der Waals surface area contributed by atoms with Crippen molar-refractivity contribution in [2.24, 2.45) is 5.73 Å². The van der Waals surface area contributed by atoms with Crippen molar-refractivity contribution in [3.8, 4) is 5.75 Å². The summed E-state index contributed by atoms with van der Waals surface area (Å²) in [5, 5.41) is 28.5. The van der Waals surface area contributed by atoms with Crippen LogP contribution in [-0.2, 0) is 0 Å². The van der Waals surface area contributed by atoms with Gasteiger partial charge in [-0.2, -0.15) is 0 Å². The minimum Gasteiger partial charge on any atom is -0.508 e. The first-order chi connectivity index (χ1) is 6.99. The van der Waals surface area contributed by atoms with Gasteiger partial charge in [0, 0.05) is 6.54 Å². The molecule has 0 radical (unpaired) electrons. The third-order valence-electron chi connectivity index (χ3n) is 1.96. The zero-order valence-electron chi connectivity index (χ0n) is 8.49. The molecule has 6 N–H and O–H groups in total. The highest BCUT2D eigenvalue weighted by Crippen LogP contribution is 2.20. The summed E-state index contributed by atoms with van der Waals surface area (Å²) in [6.07, 6.45) is -0.792. The van der Waals surface area contributed by atoms with Crippen molar-refractivity contribution in [1.82, 2.24) is 5.32 Å². The Morgan fingerprint density at radius 2 is 2.20 bits per heavy atom. The molecule has 0 unspecified atom stereocenters. The molecule has 5 nitrogen and oxygen atoms in total. The lowest BCUT2D eigenvalue weighted by Gasteiger charge is -2.13. The van der Waals surface area contributed by atoms with E-state index in [1.54, 1.807) is 12.1 Å². The minimum absolute atomic E-state index is 0.117. The predicted molar refractivity (Wildman–Crippen MR) is 57.7 cm³/mol. The van der Waals surface area contributed by atoms with Crippen molar-refractivity contribution >= 4 is 5.96 Å². The largest absolute Gasteiger partial charge is 0.508 e. The zero-order valence-corrected chi connectivity index (χ0v) is 8.49. The standard InChI is InChI=1S/C10H15N3O2/c1-6-2-7(4-8(14)3-6)9(15)5-13-10(11)12/h2-4,9,14-15H,5H2,1H3,(H4,11,12,13)/t9-/m0/s1. The van der Waals surface area contributed by atoms with Crippen LogP contribution in [0.4, 0.5) is 0 Å². The van der Waals surface area contributed by atoms with Crippen molar-refractivity contribution in [2.45, 2.75) is 13.0 Å². The van der Waals surface area contributed by atoms with Crippen molar-refractivity contribution in [2.75, 3.05) is 6.54 Å². The molecular formula is C10H15N3O2. The van der Waals surface area contributed by atoms with E-state index in [-0.39, 0.29) is 18.3 Å². The highest BCUT2D eigenvalue weighted by atomic mass is 16.3. The van der Waals surface area contributed by atoms with E-state index in [1.807, 2.05) is 6.92 Å². The Morgan fingerprint density at radius 3 is 2.73 bits per heavy atom. The quantitative estimate of drug-likeness (QED) is 0.363. The van der Waals surface area contributed by atoms with Gasteiger partial charge in [-0.1, -0.05) is 6.07 Å². The molecule has 0 saturated heterocycles. The lowest BCUT2D eigenvalue weighted by Crippen LogP contribution is -2.33. The van der Waals surface area contributed by atoms with Gasteiger partial charge in [-0.3, -0.25) is 5.41 Å². The van der Waals surface area contributed by atoms with E-state index < -0.39 is 6.10 Å². The third kappa shape index (κ3) is 3.47. The predicted octanol–water partition coefficient (Wildman–Crippen LogP) is 0.217. The molecule has 1 rings (SSSR count). The van der Waals surface area contributed by atoms with Gasteiger partial charge in [0.1, 0.15) is 5.75 Å². The number of phenolic OH excluding ortho intramolecular Hbond substituents is 1. The number of hydrogen-bond acceptors (Lipinski definition) is 3. The second-order valence-corrected chi connectivity index (χ2v) is 3.41. The average Bonchev–Trinajstić information content (AvgIpc) is 2.12. The van der Waals surface area contributed by atoms with Gasteiger partial charge in [0.15, 0.2) is 5.96 Å². The van der Waals surface area contributed by atoms with Gasteiger partial charge in [0.2, 0.25) is 0 Å². The second kappa shape index (κ2) is 4.65. The number of benzene rings is 1. The van der Waals surface area contributed by atoms with Gasteiger partial charge in [-0.15, -0.1) is 0 Å². The fraction of sp³-hybridized carbons (Fsp3) is 0.300. The van der Waals surface area contributed by atoms with Gasteiger partial charge in [0.25, 0.3) is 0 Å². The van der Waals surface area contributed by atoms with Crippen LogP contribution < -0.4 is 11.1 Å². The topological polar surface area (TPSA) is 102 Å². The molecule has 1 aromatic rings. The van der Waals surface area contributed by atoms with Gasteiger partial charge >= 0.3 is 0 Å². The van der Waals surface area contributed by atoms with Crippen LogP contribution >= 0.6 is 0 Å². The smallest absolute Gasteiger partial charge is 0.185 e. The van der Waals surface area contributed by atoms with Crippen LogP contribution in [0.15, 0.2) is 18.2 Å². The molecule has 0 aliphatic heterocycles. The van der Waals surface area contributed by atoms with Crippen LogP contribution in [0.2, 0.25) is 0 Å². The molecule has 0 saturated carbocycles. The van der Waals surface area contributed by atoms with Crippen molar-refractivity contribution in [3.05, 3.63) is 29.3 Å². The number of hydrogen-bond donors (Lipinski definition) is 5. The van der Waals surface area contributed by atoms with E-state index in [2.05, 4.69) is 5.32 Å². The van der Waals surface area contributed by atoms with Crippen LogP contribution in [0.1, 0.15) is 17.2 Å². The lowest BCUT2D eigenvalue weighted by molar-refractivity contribution is 0.180. The molecule has 0 aliphatic carbocycles. The molecule has 0 amide bonds. The Balaban J connectivity index is 2.72. The summed E-state index contributed by atoms with van der Waals surface area (Å²) in [6, 6.07) is 4.86. The van der Waals surface area contributed by atoms with Crippen molar-refractivity contribution in [3.63, 3.8) is 0 Å². The number of phenols is 1. The summed E-state index contributed by atoms with van der Waals surface area (Å²) in [5.41, 5.74) is 6.56. The molecule has 1 atom stereocenters. The molecular weight excluding hydrogens is 194 g/mol. The monoisotopic (exact) mass is 209 g/mol. The van der Waals surface area contributed by atoms with E-state index in [1.165, 1.54) is 6.07 Å². The summed E-state index contributed by atoms with van der Waals surface area (Å²) in [5.74, 6) is -0.0715. The first-order valence-electron chi connectivity index (χ1n) is 4.55. The number of aliphatic hydroxyl groups is 1. The van der Waals surface area contributed by atoms with Crippen LogP contribution in [-0.4, -0.2) is 22.7 Å². The van der Waals surface area contributed by atoms with Gasteiger partial charge in [0.05, 0.1) is 6.10 Å². The molecule has 0 aliphatic rings. The summed E-state index contributed by atoms with van der Waals surface area (Å²) >= 11 is 0. The minimum atomic E-state index is -0.792. The normalized spacial score (nSPS) is 12.1. The molecule has 15 heavy (non-hydrogen) atoms. The maximum atomic E-state index is 9.69. The van der Waals surface area contributed by atoms with Gasteiger partial charge in [-0.05, 0) is 30.2 Å². The Morgan fingerprint density at radius 1 is 1.53 bits per heavy atom. The number of aromatic hydroxyl groups is 1. The van der Waals surface area contributed by atoms with E-state index in [0.717, 1.165) is 5.56 Å². The molecule has 5 heteroatoms. The highest BCUT2D eigenvalue weighted by Gasteiger charge is 2.08. The molecule has 0 spiro atoms. The maximum absolute atomic E-state index is 9.69. The Hall–Kier alpha value is -1.75.